The monoisotopic (exact) mass is 320 g/mol. The van der Waals surface area contributed by atoms with E-state index in [-0.39, 0.29) is 0 Å². The van der Waals surface area contributed by atoms with Gasteiger partial charge in [-0.2, -0.15) is 0 Å². The Morgan fingerprint density at radius 2 is 1.78 bits per heavy atom. The number of piperidine rings is 1. The zero-order chi connectivity index (χ0) is 16.1. The molecule has 2 heterocycles. The third kappa shape index (κ3) is 4.40. The average Bonchev–Trinajstić information content (AvgIpc) is 3.20. The second kappa shape index (κ2) is 7.87. The molecule has 3 rings (SSSR count). The quantitative estimate of drug-likeness (QED) is 0.638. The molecule has 3 fully saturated rings. The lowest BCUT2D eigenvalue weighted by atomic mass is 9.86. The van der Waals surface area contributed by atoms with Crippen LogP contribution in [0.2, 0.25) is 0 Å². The molecule has 1 aliphatic carbocycles. The highest BCUT2D eigenvalue weighted by Crippen LogP contribution is 2.45. The lowest BCUT2D eigenvalue weighted by Crippen LogP contribution is -2.44. The summed E-state index contributed by atoms with van der Waals surface area (Å²) in [5.74, 6) is 1.83. The summed E-state index contributed by atoms with van der Waals surface area (Å²) >= 11 is 0. The van der Waals surface area contributed by atoms with E-state index in [0.29, 0.717) is 11.3 Å². The highest BCUT2D eigenvalue weighted by Gasteiger charge is 2.41. The van der Waals surface area contributed by atoms with Crippen LogP contribution in [0.4, 0.5) is 0 Å². The van der Waals surface area contributed by atoms with Crippen LogP contribution >= 0.6 is 0 Å². The molecule has 1 N–H and O–H groups in total. The summed E-state index contributed by atoms with van der Waals surface area (Å²) in [7, 11) is 1.94. The summed E-state index contributed by atoms with van der Waals surface area (Å²) in [5.41, 5.74) is 0.622. The molecule has 1 unspecified atom stereocenters. The van der Waals surface area contributed by atoms with Crippen molar-refractivity contribution in [1.29, 1.82) is 0 Å². The number of aliphatic imine (C=N–C) groups is 1. The maximum atomic E-state index is 4.56. The molecule has 1 saturated carbocycles. The molecule has 0 aromatic carbocycles. The maximum Gasteiger partial charge on any atom is 0.193 e. The van der Waals surface area contributed by atoms with Gasteiger partial charge in [0.1, 0.15) is 0 Å². The Bertz CT molecular complexity index is 394. The number of guanidine groups is 1. The molecule has 1 atom stereocenters. The van der Waals surface area contributed by atoms with Crippen molar-refractivity contribution in [1.82, 2.24) is 15.1 Å². The molecule has 0 radical (unpaired) electrons. The Hall–Kier alpha value is -0.770. The lowest BCUT2D eigenvalue weighted by molar-refractivity contribution is 0.200. The molecule has 0 bridgehead atoms. The van der Waals surface area contributed by atoms with Gasteiger partial charge in [-0.25, -0.2) is 0 Å². The minimum atomic E-state index is 0.622. The fourth-order valence-corrected chi connectivity index (χ4v) is 4.89. The minimum absolute atomic E-state index is 0.622. The van der Waals surface area contributed by atoms with Crippen molar-refractivity contribution in [2.45, 2.75) is 58.3 Å². The van der Waals surface area contributed by atoms with Gasteiger partial charge in [0.25, 0.3) is 0 Å². The summed E-state index contributed by atoms with van der Waals surface area (Å²) in [4.78, 5) is 9.71. The van der Waals surface area contributed by atoms with Crippen LogP contribution in [0, 0.1) is 11.3 Å². The maximum absolute atomic E-state index is 4.56. The van der Waals surface area contributed by atoms with Crippen LogP contribution in [0.3, 0.4) is 0 Å². The van der Waals surface area contributed by atoms with Crippen LogP contribution in [0.1, 0.15) is 58.3 Å². The smallest absolute Gasteiger partial charge is 0.193 e. The first-order valence-corrected chi connectivity index (χ1v) is 9.89. The summed E-state index contributed by atoms with van der Waals surface area (Å²) in [6.45, 7) is 9.67. The van der Waals surface area contributed by atoms with Crippen molar-refractivity contribution in [3.05, 3.63) is 0 Å². The Balaban J connectivity index is 1.42. The highest BCUT2D eigenvalue weighted by atomic mass is 15.3. The number of nitrogens with zero attached hydrogens (tertiary/aromatic N) is 3. The predicted molar refractivity (Wildman–Crippen MR) is 97.9 cm³/mol. The van der Waals surface area contributed by atoms with Gasteiger partial charge >= 0.3 is 0 Å². The fraction of sp³-hybridized carbons (Fsp3) is 0.947. The normalized spacial score (nSPS) is 26.9. The Morgan fingerprint density at radius 3 is 2.48 bits per heavy atom. The van der Waals surface area contributed by atoms with Crippen molar-refractivity contribution in [2.75, 3.05) is 46.3 Å². The minimum Gasteiger partial charge on any atom is -0.356 e. The van der Waals surface area contributed by atoms with Crippen LogP contribution in [-0.2, 0) is 0 Å². The summed E-state index contributed by atoms with van der Waals surface area (Å²) in [6.07, 6.45) is 11.3. The molecule has 4 nitrogen and oxygen atoms in total. The van der Waals surface area contributed by atoms with Crippen LogP contribution < -0.4 is 5.32 Å². The lowest BCUT2D eigenvalue weighted by Gasteiger charge is -2.30. The molecule has 23 heavy (non-hydrogen) atoms. The van der Waals surface area contributed by atoms with Crippen LogP contribution in [0.15, 0.2) is 4.99 Å². The molecule has 3 aliphatic rings. The number of hydrogen-bond acceptors (Lipinski definition) is 2. The van der Waals surface area contributed by atoms with Gasteiger partial charge in [0.2, 0.25) is 0 Å². The number of rotatable bonds is 4. The standard InChI is InChI=1S/C19H36N4/c1-17(15-22-11-6-3-7-12-22)14-21-18(20-2)23-13-10-19(16-23)8-4-5-9-19/h17H,3-16H2,1-2H3,(H,20,21). The predicted octanol–water partition coefficient (Wildman–Crippen LogP) is 2.95. The van der Waals surface area contributed by atoms with E-state index in [4.69, 9.17) is 0 Å². The molecule has 132 valence electrons. The van der Waals surface area contributed by atoms with Crippen molar-refractivity contribution in [2.24, 2.45) is 16.3 Å². The van der Waals surface area contributed by atoms with E-state index in [1.54, 1.807) is 0 Å². The Morgan fingerprint density at radius 1 is 1.04 bits per heavy atom. The van der Waals surface area contributed by atoms with E-state index in [9.17, 15) is 0 Å². The molecule has 1 spiro atoms. The molecule has 0 aromatic heterocycles. The van der Waals surface area contributed by atoms with Gasteiger partial charge in [-0.05, 0) is 56.5 Å². The van der Waals surface area contributed by atoms with E-state index in [1.165, 1.54) is 84.1 Å². The first kappa shape index (κ1) is 17.1. The molecule has 0 aromatic rings. The molecule has 4 heteroatoms. The van der Waals surface area contributed by atoms with E-state index in [2.05, 4.69) is 27.0 Å². The summed E-state index contributed by atoms with van der Waals surface area (Å²) in [6, 6.07) is 0. The average molecular weight is 321 g/mol. The highest BCUT2D eigenvalue weighted by molar-refractivity contribution is 5.80. The van der Waals surface area contributed by atoms with Gasteiger partial charge in [0.15, 0.2) is 5.96 Å². The van der Waals surface area contributed by atoms with Crippen molar-refractivity contribution in [3.63, 3.8) is 0 Å². The van der Waals surface area contributed by atoms with Gasteiger partial charge in [-0.3, -0.25) is 4.99 Å². The third-order valence-corrected chi connectivity index (χ3v) is 6.24. The van der Waals surface area contributed by atoms with Crippen LogP contribution in [0.25, 0.3) is 0 Å². The molecule has 2 saturated heterocycles. The van der Waals surface area contributed by atoms with E-state index in [1.807, 2.05) is 7.05 Å². The van der Waals surface area contributed by atoms with Gasteiger partial charge in [0, 0.05) is 33.2 Å². The Kier molecular flexibility index (Phi) is 5.84. The van der Waals surface area contributed by atoms with Crippen molar-refractivity contribution >= 4 is 5.96 Å². The van der Waals surface area contributed by atoms with Gasteiger partial charge in [-0.15, -0.1) is 0 Å². The molecule has 0 amide bonds. The molecular weight excluding hydrogens is 284 g/mol. The number of hydrogen-bond donors (Lipinski definition) is 1. The third-order valence-electron chi connectivity index (χ3n) is 6.24. The Labute approximate surface area is 142 Å². The SMILES string of the molecule is CN=C(NCC(C)CN1CCCCC1)N1CCC2(CCCC2)C1. The second-order valence-electron chi connectivity index (χ2n) is 8.27. The first-order chi connectivity index (χ1) is 11.2. The van der Waals surface area contributed by atoms with Gasteiger partial charge in [-0.1, -0.05) is 26.2 Å². The zero-order valence-corrected chi connectivity index (χ0v) is 15.3. The molecule has 2 aliphatic heterocycles. The summed E-state index contributed by atoms with van der Waals surface area (Å²) in [5, 5.41) is 3.66. The number of nitrogens with one attached hydrogen (secondary N) is 1. The van der Waals surface area contributed by atoms with Gasteiger partial charge < -0.3 is 15.1 Å². The first-order valence-electron chi connectivity index (χ1n) is 9.89. The summed E-state index contributed by atoms with van der Waals surface area (Å²) < 4.78 is 0. The zero-order valence-electron chi connectivity index (χ0n) is 15.3. The van der Waals surface area contributed by atoms with Gasteiger partial charge in [0.05, 0.1) is 0 Å². The van der Waals surface area contributed by atoms with Crippen LogP contribution in [-0.4, -0.2) is 62.1 Å². The largest absolute Gasteiger partial charge is 0.356 e. The fourth-order valence-electron chi connectivity index (χ4n) is 4.89. The second-order valence-corrected chi connectivity index (χ2v) is 8.27. The van der Waals surface area contributed by atoms with Crippen molar-refractivity contribution < 1.29 is 0 Å². The van der Waals surface area contributed by atoms with Crippen LogP contribution in [0.5, 0.6) is 0 Å². The van der Waals surface area contributed by atoms with E-state index in [0.717, 1.165) is 12.5 Å². The van der Waals surface area contributed by atoms with E-state index < -0.39 is 0 Å². The van der Waals surface area contributed by atoms with E-state index >= 15 is 0 Å². The number of likely N-dealkylation sites (tertiary alicyclic amines) is 2. The molecular formula is C19H36N4. The van der Waals surface area contributed by atoms with Crippen molar-refractivity contribution in [3.8, 4) is 0 Å². The topological polar surface area (TPSA) is 30.9 Å².